The average molecular weight is 632 g/mol. The van der Waals surface area contributed by atoms with Gasteiger partial charge in [0.25, 0.3) is 10.0 Å². The van der Waals surface area contributed by atoms with Gasteiger partial charge in [0.15, 0.2) is 0 Å². The first-order valence-electron chi connectivity index (χ1n) is 14.5. The summed E-state index contributed by atoms with van der Waals surface area (Å²) in [7, 11) is -4.14. The Kier molecular flexibility index (Phi) is 11.2. The Balaban J connectivity index is 1.77. The van der Waals surface area contributed by atoms with Crippen LogP contribution in [0, 0.1) is 12.8 Å². The van der Waals surface area contributed by atoms with Crippen molar-refractivity contribution >= 4 is 39.1 Å². The molecule has 1 atom stereocenters. The number of para-hydroxylation sites is 1. The molecule has 0 aliphatic carbocycles. The average Bonchev–Trinajstić information content (AvgIpc) is 3.02. The normalized spacial score (nSPS) is 12.0. The molecule has 4 rings (SSSR count). The highest BCUT2D eigenvalue weighted by molar-refractivity contribution is 7.92. The number of anilines is 1. The summed E-state index contributed by atoms with van der Waals surface area (Å²) in [6, 6.07) is 30.7. The molecule has 9 heteroatoms. The van der Waals surface area contributed by atoms with Crippen LogP contribution in [0.15, 0.2) is 114 Å². The number of hydrogen-bond donors (Lipinski definition) is 1. The predicted octanol–water partition coefficient (Wildman–Crippen LogP) is 6.26. The smallest absolute Gasteiger partial charge is 0.264 e. The number of nitrogens with one attached hydrogen (secondary N) is 1. The van der Waals surface area contributed by atoms with Crippen molar-refractivity contribution in [2.75, 3.05) is 17.4 Å². The molecular weight excluding hydrogens is 594 g/mol. The van der Waals surface area contributed by atoms with E-state index in [1.807, 2.05) is 51.1 Å². The molecule has 4 aromatic rings. The van der Waals surface area contributed by atoms with Crippen LogP contribution in [0.3, 0.4) is 0 Å². The molecule has 0 aromatic heterocycles. The minimum Gasteiger partial charge on any atom is -0.354 e. The number of nitrogens with zero attached hydrogens (tertiary/aromatic N) is 2. The lowest BCUT2D eigenvalue weighted by Crippen LogP contribution is -2.53. The van der Waals surface area contributed by atoms with Crippen molar-refractivity contribution in [1.82, 2.24) is 10.2 Å². The zero-order valence-electron chi connectivity index (χ0n) is 25.2. The Hall–Kier alpha value is -4.14. The van der Waals surface area contributed by atoms with Gasteiger partial charge in [0.1, 0.15) is 12.6 Å². The topological polar surface area (TPSA) is 86.8 Å². The quantitative estimate of drug-likeness (QED) is 0.189. The van der Waals surface area contributed by atoms with Crippen LogP contribution in [0.2, 0.25) is 5.02 Å². The van der Waals surface area contributed by atoms with Crippen molar-refractivity contribution in [1.29, 1.82) is 0 Å². The van der Waals surface area contributed by atoms with Gasteiger partial charge in [-0.25, -0.2) is 8.42 Å². The van der Waals surface area contributed by atoms with Crippen LogP contribution in [-0.2, 0) is 32.6 Å². The van der Waals surface area contributed by atoms with Gasteiger partial charge in [-0.2, -0.15) is 0 Å². The molecule has 1 unspecified atom stereocenters. The van der Waals surface area contributed by atoms with Crippen LogP contribution in [-0.4, -0.2) is 44.3 Å². The summed E-state index contributed by atoms with van der Waals surface area (Å²) < 4.78 is 29.2. The Labute approximate surface area is 265 Å². The second kappa shape index (κ2) is 15.0. The fourth-order valence-electron chi connectivity index (χ4n) is 4.72. The maximum atomic E-state index is 14.4. The molecule has 0 radical (unpaired) electrons. The molecule has 4 aromatic carbocycles. The third-order valence-corrected chi connectivity index (χ3v) is 9.19. The van der Waals surface area contributed by atoms with Crippen LogP contribution in [0.4, 0.5) is 5.69 Å². The molecule has 0 bridgehead atoms. The van der Waals surface area contributed by atoms with E-state index in [0.717, 1.165) is 21.0 Å². The van der Waals surface area contributed by atoms with Crippen molar-refractivity contribution < 1.29 is 18.0 Å². The second-order valence-electron chi connectivity index (χ2n) is 11.2. The maximum absolute atomic E-state index is 14.4. The predicted molar refractivity (Wildman–Crippen MR) is 176 cm³/mol. The molecule has 0 aliphatic rings. The van der Waals surface area contributed by atoms with Crippen molar-refractivity contribution in [3.8, 4) is 0 Å². The number of amides is 2. The summed E-state index contributed by atoms with van der Waals surface area (Å²) in [5, 5.41) is 3.54. The lowest BCUT2D eigenvalue weighted by molar-refractivity contribution is -0.140. The number of halogens is 1. The van der Waals surface area contributed by atoms with Gasteiger partial charge in [0.05, 0.1) is 10.6 Å². The van der Waals surface area contributed by atoms with Gasteiger partial charge in [-0.1, -0.05) is 104 Å². The summed E-state index contributed by atoms with van der Waals surface area (Å²) >= 11 is 6.14. The van der Waals surface area contributed by atoms with Gasteiger partial charge in [0, 0.05) is 24.5 Å². The second-order valence-corrected chi connectivity index (χ2v) is 13.5. The number of aryl methyl sites for hydroxylation is 1. The van der Waals surface area contributed by atoms with Crippen molar-refractivity contribution in [2.45, 2.75) is 44.7 Å². The van der Waals surface area contributed by atoms with E-state index in [-0.39, 0.29) is 29.7 Å². The highest BCUT2D eigenvalue weighted by Crippen LogP contribution is 2.25. The molecule has 0 saturated heterocycles. The first kappa shape index (κ1) is 32.8. The molecular formula is C35H38ClN3O4S. The Bertz CT molecular complexity index is 1630. The van der Waals surface area contributed by atoms with E-state index in [0.29, 0.717) is 17.3 Å². The lowest BCUT2D eigenvalue weighted by atomic mass is 10.0. The largest absolute Gasteiger partial charge is 0.354 e. The SMILES string of the molecule is Cc1ccc(S(=O)(=O)N(CC(=O)N(Cc2ccc(Cl)cc2)C(Cc2ccccc2)C(=O)NCC(C)C)c2ccccc2)cc1. The molecule has 0 saturated carbocycles. The highest BCUT2D eigenvalue weighted by atomic mass is 35.5. The van der Waals surface area contributed by atoms with Gasteiger partial charge >= 0.3 is 0 Å². The van der Waals surface area contributed by atoms with Crippen molar-refractivity contribution in [2.24, 2.45) is 5.92 Å². The third-order valence-electron chi connectivity index (χ3n) is 7.15. The van der Waals surface area contributed by atoms with E-state index >= 15 is 0 Å². The first-order chi connectivity index (χ1) is 21.0. The Morgan fingerprint density at radius 3 is 1.98 bits per heavy atom. The molecule has 0 fully saturated rings. The molecule has 2 amide bonds. The van der Waals surface area contributed by atoms with Gasteiger partial charge in [-0.05, 0) is 60.4 Å². The van der Waals surface area contributed by atoms with E-state index in [2.05, 4.69) is 5.32 Å². The van der Waals surface area contributed by atoms with Gasteiger partial charge in [0.2, 0.25) is 11.8 Å². The molecule has 44 heavy (non-hydrogen) atoms. The van der Waals surface area contributed by atoms with Crippen molar-refractivity contribution in [3.63, 3.8) is 0 Å². The van der Waals surface area contributed by atoms with E-state index in [1.165, 1.54) is 17.0 Å². The van der Waals surface area contributed by atoms with E-state index < -0.39 is 28.5 Å². The fraction of sp³-hybridized carbons (Fsp3) is 0.257. The Morgan fingerprint density at radius 2 is 1.39 bits per heavy atom. The highest BCUT2D eigenvalue weighted by Gasteiger charge is 2.34. The summed E-state index contributed by atoms with van der Waals surface area (Å²) in [5.41, 5.74) is 2.89. The van der Waals surface area contributed by atoms with Gasteiger partial charge < -0.3 is 10.2 Å². The Morgan fingerprint density at radius 1 is 0.795 bits per heavy atom. The monoisotopic (exact) mass is 631 g/mol. The molecule has 1 N–H and O–H groups in total. The van der Waals surface area contributed by atoms with Crippen molar-refractivity contribution in [3.05, 3.63) is 131 Å². The maximum Gasteiger partial charge on any atom is 0.264 e. The van der Waals surface area contributed by atoms with Crippen LogP contribution < -0.4 is 9.62 Å². The number of rotatable bonds is 13. The van der Waals surface area contributed by atoms with Crippen LogP contribution in [0.25, 0.3) is 0 Å². The molecule has 0 heterocycles. The minimum absolute atomic E-state index is 0.0690. The standard InChI is InChI=1S/C35H38ClN3O4S/c1-26(2)23-37-35(41)33(22-28-10-6-4-7-11-28)38(24-29-16-18-30(36)19-17-29)34(40)25-39(31-12-8-5-9-13-31)44(42,43)32-20-14-27(3)15-21-32/h4-21,26,33H,22-25H2,1-3H3,(H,37,41). The number of benzene rings is 4. The third kappa shape index (κ3) is 8.71. The fourth-order valence-corrected chi connectivity index (χ4v) is 6.26. The number of carbonyl (C=O) groups excluding carboxylic acids is 2. The number of hydrogen-bond acceptors (Lipinski definition) is 4. The van der Waals surface area contributed by atoms with Gasteiger partial charge in [-0.3, -0.25) is 13.9 Å². The zero-order valence-corrected chi connectivity index (χ0v) is 26.8. The van der Waals surface area contributed by atoms with Gasteiger partial charge in [-0.15, -0.1) is 0 Å². The van der Waals surface area contributed by atoms with E-state index in [9.17, 15) is 18.0 Å². The van der Waals surface area contributed by atoms with Crippen LogP contribution >= 0.6 is 11.6 Å². The van der Waals surface area contributed by atoms with E-state index in [4.69, 9.17) is 11.6 Å². The number of sulfonamides is 1. The zero-order chi connectivity index (χ0) is 31.7. The molecule has 0 aliphatic heterocycles. The van der Waals surface area contributed by atoms with Crippen LogP contribution in [0.1, 0.15) is 30.5 Å². The lowest BCUT2D eigenvalue weighted by Gasteiger charge is -2.34. The summed E-state index contributed by atoms with van der Waals surface area (Å²) in [6.07, 6.45) is 0.250. The summed E-state index contributed by atoms with van der Waals surface area (Å²) in [4.78, 5) is 29.8. The first-order valence-corrected chi connectivity index (χ1v) is 16.4. The summed E-state index contributed by atoms with van der Waals surface area (Å²) in [6.45, 7) is 5.88. The van der Waals surface area contributed by atoms with Crippen LogP contribution in [0.5, 0.6) is 0 Å². The molecule has 7 nitrogen and oxygen atoms in total. The summed E-state index contributed by atoms with van der Waals surface area (Å²) in [5.74, 6) is -0.623. The minimum atomic E-state index is -4.14. The number of carbonyl (C=O) groups is 2. The van der Waals surface area contributed by atoms with E-state index in [1.54, 1.807) is 66.7 Å². The molecule has 0 spiro atoms. The molecule has 230 valence electrons.